The van der Waals surface area contributed by atoms with Gasteiger partial charge in [0.25, 0.3) is 0 Å². The molecular formula is C17H37NOSn. The van der Waals surface area contributed by atoms with Gasteiger partial charge in [0.2, 0.25) is 0 Å². The van der Waals surface area contributed by atoms with Gasteiger partial charge in [-0.25, -0.2) is 0 Å². The van der Waals surface area contributed by atoms with Crippen LogP contribution in [0.5, 0.6) is 0 Å². The average Bonchev–Trinajstić information content (AvgIpc) is 2.42. The first-order valence-electron chi connectivity index (χ1n) is 8.93. The Morgan fingerprint density at radius 1 is 0.850 bits per heavy atom. The van der Waals surface area contributed by atoms with Gasteiger partial charge in [0, 0.05) is 0 Å². The fraction of sp³-hybridized carbons (Fsp3) is 0.941. The third-order valence-corrected chi connectivity index (χ3v) is 7.92. The molecule has 0 aliphatic heterocycles. The van der Waals surface area contributed by atoms with E-state index in [4.69, 9.17) is 0 Å². The zero-order valence-electron chi connectivity index (χ0n) is 14.2. The molecule has 0 spiro atoms. The Kier molecular flexibility index (Phi) is 15.9. The van der Waals surface area contributed by atoms with E-state index in [-0.39, 0.29) is 5.91 Å². The first-order chi connectivity index (χ1) is 9.66. The van der Waals surface area contributed by atoms with Crippen molar-refractivity contribution in [3.8, 4) is 0 Å². The van der Waals surface area contributed by atoms with Gasteiger partial charge in [0.15, 0.2) is 0 Å². The van der Waals surface area contributed by atoms with E-state index >= 15 is 0 Å². The number of carbonyl (C=O) groups excluding carboxylic acids is 1. The van der Waals surface area contributed by atoms with Crippen LogP contribution in [0.4, 0.5) is 0 Å². The monoisotopic (exact) mass is 391 g/mol. The summed E-state index contributed by atoms with van der Waals surface area (Å²) in [7, 11) is 0. The Morgan fingerprint density at radius 3 is 1.85 bits per heavy atom. The zero-order valence-corrected chi connectivity index (χ0v) is 17.5. The minimum absolute atomic E-state index is 0.284. The summed E-state index contributed by atoms with van der Waals surface area (Å²) in [6.45, 7) is 3.16. The standard InChI is InChI=1S/C15H30NO.2CH3.Sn.H/c1-3-5-6-7-8-9-10-11-12-13-14-16-15(17)4-2;;;;/h2-14H2,1H3,(H,16,17);2*1H3;;. The third-order valence-electron chi connectivity index (χ3n) is 3.80. The van der Waals surface area contributed by atoms with Gasteiger partial charge in [-0.05, 0) is 0 Å². The van der Waals surface area contributed by atoms with Gasteiger partial charge in [-0.3, -0.25) is 0 Å². The van der Waals surface area contributed by atoms with Crippen LogP contribution < -0.4 is 5.32 Å². The molecule has 0 aromatic rings. The summed E-state index contributed by atoms with van der Waals surface area (Å²) in [6.07, 6.45) is 14.3. The fourth-order valence-electron chi connectivity index (χ4n) is 2.35. The topological polar surface area (TPSA) is 29.1 Å². The first-order valence-corrected chi connectivity index (χ1v) is 17.9. The SMILES string of the molecule is CCCCCCCCCCCCNC(=O)C[CH2][SnH]([CH3])[CH3]. The van der Waals surface area contributed by atoms with Gasteiger partial charge in [-0.2, -0.15) is 0 Å². The van der Waals surface area contributed by atoms with Crippen LogP contribution in [0, 0.1) is 0 Å². The number of hydrogen-bond acceptors (Lipinski definition) is 1. The average molecular weight is 390 g/mol. The molecule has 0 aliphatic rings. The molecule has 3 heteroatoms. The number of unbranched alkanes of at least 4 members (excludes halogenated alkanes) is 9. The molecule has 0 atom stereocenters. The zero-order chi connectivity index (χ0) is 15.1. The molecule has 0 unspecified atom stereocenters. The molecule has 0 aliphatic carbocycles. The van der Waals surface area contributed by atoms with Gasteiger partial charge >= 0.3 is 108 Å². The molecule has 0 bridgehead atoms. The number of hydrogen-bond donors (Lipinski definition) is 1. The maximum absolute atomic E-state index is 11.5. The van der Waals surface area contributed by atoms with Gasteiger partial charge in [0.05, 0.1) is 0 Å². The van der Waals surface area contributed by atoms with E-state index in [1.165, 1.54) is 62.2 Å². The predicted molar refractivity (Wildman–Crippen MR) is 93.2 cm³/mol. The first kappa shape index (κ1) is 20.3. The van der Waals surface area contributed by atoms with E-state index in [1.807, 2.05) is 0 Å². The summed E-state index contributed by atoms with van der Waals surface area (Å²) >= 11 is -1.16. The van der Waals surface area contributed by atoms with Crippen LogP contribution in [0.15, 0.2) is 0 Å². The molecule has 0 saturated carbocycles. The van der Waals surface area contributed by atoms with E-state index in [2.05, 4.69) is 22.1 Å². The molecule has 2 nitrogen and oxygen atoms in total. The normalized spacial score (nSPS) is 11.0. The van der Waals surface area contributed by atoms with Crippen molar-refractivity contribution < 1.29 is 4.79 Å². The van der Waals surface area contributed by atoms with E-state index < -0.39 is 19.8 Å². The van der Waals surface area contributed by atoms with Crippen molar-refractivity contribution in [1.82, 2.24) is 5.32 Å². The summed E-state index contributed by atoms with van der Waals surface area (Å²) in [5, 5.41) is 3.06. The Labute approximate surface area is 134 Å². The molecule has 1 amide bonds. The number of nitrogens with one attached hydrogen (secondary N) is 1. The van der Waals surface area contributed by atoms with Crippen molar-refractivity contribution in [2.45, 2.75) is 91.9 Å². The van der Waals surface area contributed by atoms with Crippen LogP contribution in [0.25, 0.3) is 0 Å². The molecule has 0 radical (unpaired) electrons. The van der Waals surface area contributed by atoms with Crippen LogP contribution in [-0.2, 0) is 4.79 Å². The van der Waals surface area contributed by atoms with Crippen molar-refractivity contribution >= 4 is 25.7 Å². The van der Waals surface area contributed by atoms with Gasteiger partial charge in [-0.15, -0.1) is 0 Å². The summed E-state index contributed by atoms with van der Waals surface area (Å²) < 4.78 is 1.21. The summed E-state index contributed by atoms with van der Waals surface area (Å²) in [5.41, 5.74) is 0. The second kappa shape index (κ2) is 15.7. The Hall–Kier alpha value is 0.269. The minimum atomic E-state index is -1.16. The fourth-order valence-corrected chi connectivity index (χ4v) is 4.74. The second-order valence-corrected chi connectivity index (χ2v) is 16.1. The van der Waals surface area contributed by atoms with E-state index in [9.17, 15) is 4.79 Å². The van der Waals surface area contributed by atoms with Crippen molar-refractivity contribution in [1.29, 1.82) is 0 Å². The Balaban J connectivity index is 3.11. The number of amides is 1. The van der Waals surface area contributed by atoms with E-state index in [0.29, 0.717) is 0 Å². The van der Waals surface area contributed by atoms with E-state index in [1.54, 1.807) is 0 Å². The Morgan fingerprint density at radius 2 is 1.35 bits per heavy atom. The van der Waals surface area contributed by atoms with Crippen molar-refractivity contribution in [2.24, 2.45) is 0 Å². The van der Waals surface area contributed by atoms with Crippen LogP contribution in [0.1, 0.15) is 77.6 Å². The van der Waals surface area contributed by atoms with Crippen LogP contribution in [0.2, 0.25) is 14.3 Å². The molecule has 0 saturated heterocycles. The van der Waals surface area contributed by atoms with Gasteiger partial charge in [0.1, 0.15) is 0 Å². The molecule has 0 aromatic heterocycles. The number of carbonyl (C=O) groups is 1. The van der Waals surface area contributed by atoms with E-state index in [0.717, 1.165) is 19.4 Å². The second-order valence-electron chi connectivity index (χ2n) is 6.46. The quantitative estimate of drug-likeness (QED) is 0.332. The van der Waals surface area contributed by atoms with Crippen molar-refractivity contribution in [3.05, 3.63) is 0 Å². The Bertz CT molecular complexity index is 219. The molecule has 0 aromatic carbocycles. The molecule has 0 heterocycles. The molecular weight excluding hydrogens is 353 g/mol. The number of rotatable bonds is 14. The van der Waals surface area contributed by atoms with Crippen LogP contribution in [-0.4, -0.2) is 32.2 Å². The van der Waals surface area contributed by atoms with Crippen LogP contribution in [0.3, 0.4) is 0 Å². The molecule has 120 valence electrons. The molecule has 1 N–H and O–H groups in total. The summed E-state index contributed by atoms with van der Waals surface area (Å²) in [5.74, 6) is 0.284. The van der Waals surface area contributed by atoms with Gasteiger partial charge in [-0.1, -0.05) is 26.2 Å². The summed E-state index contributed by atoms with van der Waals surface area (Å²) in [4.78, 5) is 16.3. The third kappa shape index (κ3) is 16.3. The van der Waals surface area contributed by atoms with Gasteiger partial charge < -0.3 is 0 Å². The molecule has 0 fully saturated rings. The molecule has 0 rings (SSSR count). The van der Waals surface area contributed by atoms with Crippen molar-refractivity contribution in [3.63, 3.8) is 0 Å². The summed E-state index contributed by atoms with van der Waals surface area (Å²) in [6, 6.07) is 0. The van der Waals surface area contributed by atoms with Crippen LogP contribution >= 0.6 is 0 Å². The van der Waals surface area contributed by atoms with Crippen molar-refractivity contribution in [2.75, 3.05) is 6.54 Å². The molecule has 20 heavy (non-hydrogen) atoms. The maximum atomic E-state index is 11.5. The predicted octanol–water partition coefficient (Wildman–Crippen LogP) is 4.90.